The van der Waals surface area contributed by atoms with E-state index in [-0.39, 0.29) is 6.61 Å². The lowest BCUT2D eigenvalue weighted by Crippen LogP contribution is -2.25. The first-order chi connectivity index (χ1) is 9.06. The smallest absolute Gasteiger partial charge is 0.0945 e. The zero-order chi connectivity index (χ0) is 14.3. The van der Waals surface area contributed by atoms with Crippen LogP contribution in [0.4, 0.5) is 5.69 Å². The average molecular weight is 373 g/mol. The quantitative estimate of drug-likeness (QED) is 0.543. The summed E-state index contributed by atoms with van der Waals surface area (Å²) in [6, 6.07) is 3.58. The van der Waals surface area contributed by atoms with Gasteiger partial charge >= 0.3 is 0 Å². The van der Waals surface area contributed by atoms with E-state index in [0.717, 1.165) is 4.47 Å². The number of hydrogen-bond acceptors (Lipinski definition) is 4. The van der Waals surface area contributed by atoms with Crippen molar-refractivity contribution < 1.29 is 14.6 Å². The number of ether oxygens (including phenoxy) is 2. The largest absolute Gasteiger partial charge is 0.389 e. The molecule has 7 heteroatoms. The summed E-state index contributed by atoms with van der Waals surface area (Å²) < 4.78 is 10.8. The lowest BCUT2D eigenvalue weighted by atomic mass is 10.3. The van der Waals surface area contributed by atoms with Gasteiger partial charge in [0.15, 0.2) is 0 Å². The minimum atomic E-state index is -0.629. The van der Waals surface area contributed by atoms with Crippen molar-refractivity contribution in [3.8, 4) is 0 Å². The second-order valence-electron chi connectivity index (χ2n) is 3.83. The predicted octanol–water partition coefficient (Wildman–Crippen LogP) is 3.19. The van der Waals surface area contributed by atoms with E-state index in [1.54, 1.807) is 19.2 Å². The average Bonchev–Trinajstić information content (AvgIpc) is 2.40. The first-order valence-electron chi connectivity index (χ1n) is 5.68. The molecule has 0 aliphatic heterocycles. The summed E-state index contributed by atoms with van der Waals surface area (Å²) in [5, 5.41) is 13.6. The fourth-order valence-corrected chi connectivity index (χ4v) is 2.15. The number of benzene rings is 1. The van der Waals surface area contributed by atoms with E-state index in [4.69, 9.17) is 32.7 Å². The first-order valence-corrected chi connectivity index (χ1v) is 7.23. The Morgan fingerprint density at radius 3 is 2.74 bits per heavy atom. The summed E-state index contributed by atoms with van der Waals surface area (Å²) in [6.07, 6.45) is -0.629. The lowest BCUT2D eigenvalue weighted by molar-refractivity contribution is 0.0182. The molecule has 0 fully saturated rings. The highest BCUT2D eigenvalue weighted by molar-refractivity contribution is 9.10. The monoisotopic (exact) mass is 371 g/mol. The molecule has 4 nitrogen and oxygen atoms in total. The van der Waals surface area contributed by atoms with Crippen molar-refractivity contribution in [1.29, 1.82) is 0 Å². The molecule has 1 aromatic rings. The maximum atomic E-state index is 9.71. The van der Waals surface area contributed by atoms with Gasteiger partial charge in [-0.2, -0.15) is 0 Å². The maximum absolute atomic E-state index is 9.71. The Bertz CT molecular complexity index is 407. The van der Waals surface area contributed by atoms with Gasteiger partial charge in [0, 0.05) is 18.1 Å². The van der Waals surface area contributed by atoms with Crippen LogP contribution in [0.1, 0.15) is 0 Å². The molecule has 0 aliphatic rings. The van der Waals surface area contributed by atoms with Gasteiger partial charge in [0.2, 0.25) is 0 Å². The predicted molar refractivity (Wildman–Crippen MR) is 81.4 cm³/mol. The van der Waals surface area contributed by atoms with Crippen molar-refractivity contribution in [2.45, 2.75) is 6.10 Å². The Morgan fingerprint density at radius 1 is 1.32 bits per heavy atom. The molecule has 0 heterocycles. The van der Waals surface area contributed by atoms with Crippen molar-refractivity contribution in [1.82, 2.24) is 0 Å². The van der Waals surface area contributed by atoms with Crippen molar-refractivity contribution in [3.05, 3.63) is 26.7 Å². The van der Waals surface area contributed by atoms with Gasteiger partial charge in [-0.15, -0.1) is 0 Å². The van der Waals surface area contributed by atoms with Gasteiger partial charge < -0.3 is 19.9 Å². The van der Waals surface area contributed by atoms with Crippen LogP contribution in [0.5, 0.6) is 0 Å². The summed E-state index contributed by atoms with van der Waals surface area (Å²) in [5.74, 6) is 0. The molecule has 0 bridgehead atoms. The molecule has 1 atom stereocenters. The SMILES string of the molecule is COCCOCC(O)CNc1ccc(Br)c(Cl)c1Cl. The molecule has 108 valence electrons. The second-order valence-corrected chi connectivity index (χ2v) is 5.44. The number of rotatable bonds is 8. The van der Waals surface area contributed by atoms with E-state index in [2.05, 4.69) is 21.2 Å². The third-order valence-corrected chi connectivity index (χ3v) is 4.08. The van der Waals surface area contributed by atoms with E-state index >= 15 is 0 Å². The Morgan fingerprint density at radius 2 is 2.05 bits per heavy atom. The van der Waals surface area contributed by atoms with Gasteiger partial charge in [0.1, 0.15) is 0 Å². The topological polar surface area (TPSA) is 50.7 Å². The minimum Gasteiger partial charge on any atom is -0.389 e. The van der Waals surface area contributed by atoms with Crippen LogP contribution in [0.25, 0.3) is 0 Å². The van der Waals surface area contributed by atoms with Crippen molar-refractivity contribution >= 4 is 44.8 Å². The number of halogens is 3. The molecule has 19 heavy (non-hydrogen) atoms. The standard InChI is InChI=1S/C12H16BrCl2NO3/c1-18-4-5-19-7-8(17)6-16-10-3-2-9(13)11(14)12(10)15/h2-3,8,16-17H,4-7H2,1H3. The van der Waals surface area contributed by atoms with Crippen molar-refractivity contribution in [2.24, 2.45) is 0 Å². The summed E-state index contributed by atoms with van der Waals surface area (Å²) in [7, 11) is 1.60. The van der Waals surface area contributed by atoms with Crippen LogP contribution in [-0.2, 0) is 9.47 Å². The Hall–Kier alpha value is -0.0400. The molecule has 1 aromatic carbocycles. The molecule has 2 N–H and O–H groups in total. The summed E-state index contributed by atoms with van der Waals surface area (Å²) in [4.78, 5) is 0. The van der Waals surface area contributed by atoms with Gasteiger partial charge in [-0.1, -0.05) is 23.2 Å². The Balaban J connectivity index is 2.38. The molecule has 1 rings (SSSR count). The fourth-order valence-electron chi connectivity index (χ4n) is 1.31. The van der Waals surface area contributed by atoms with Crippen LogP contribution in [0, 0.1) is 0 Å². The molecule has 0 radical (unpaired) electrons. The molecule has 0 aromatic heterocycles. The molecular formula is C12H16BrCl2NO3. The summed E-state index contributed by atoms with van der Waals surface area (Å²) in [5.41, 5.74) is 0.672. The van der Waals surface area contributed by atoms with E-state index in [1.807, 2.05) is 0 Å². The molecule has 1 unspecified atom stereocenters. The molecular weight excluding hydrogens is 357 g/mol. The van der Waals surface area contributed by atoms with Gasteiger partial charge in [0.25, 0.3) is 0 Å². The van der Waals surface area contributed by atoms with Gasteiger partial charge in [-0.3, -0.25) is 0 Å². The molecule has 0 spiro atoms. The molecule has 0 saturated heterocycles. The van der Waals surface area contributed by atoms with Crippen LogP contribution >= 0.6 is 39.1 Å². The third kappa shape index (κ3) is 5.85. The highest BCUT2D eigenvalue weighted by Crippen LogP contribution is 2.35. The van der Waals surface area contributed by atoms with Crippen molar-refractivity contribution in [2.75, 3.05) is 38.8 Å². The number of aliphatic hydroxyl groups is 1. The second kappa shape index (κ2) is 9.00. The number of aliphatic hydroxyl groups excluding tert-OH is 1. The molecule has 0 amide bonds. The van der Waals surface area contributed by atoms with Gasteiger partial charge in [0.05, 0.1) is 41.7 Å². The third-order valence-electron chi connectivity index (χ3n) is 2.31. The van der Waals surface area contributed by atoms with Crippen LogP contribution in [0.2, 0.25) is 10.0 Å². The van der Waals surface area contributed by atoms with E-state index in [0.29, 0.717) is 35.5 Å². The summed E-state index contributed by atoms with van der Waals surface area (Å²) in [6.45, 7) is 1.52. The van der Waals surface area contributed by atoms with Crippen molar-refractivity contribution in [3.63, 3.8) is 0 Å². The number of anilines is 1. The molecule has 0 saturated carbocycles. The maximum Gasteiger partial charge on any atom is 0.0945 e. The van der Waals surface area contributed by atoms with Crippen LogP contribution in [0.15, 0.2) is 16.6 Å². The van der Waals surface area contributed by atoms with E-state index in [9.17, 15) is 5.11 Å². The highest BCUT2D eigenvalue weighted by Gasteiger charge is 2.10. The zero-order valence-electron chi connectivity index (χ0n) is 10.5. The number of nitrogens with one attached hydrogen (secondary N) is 1. The van der Waals surface area contributed by atoms with Gasteiger partial charge in [-0.25, -0.2) is 0 Å². The normalized spacial score (nSPS) is 12.5. The summed E-state index contributed by atoms with van der Waals surface area (Å²) >= 11 is 15.4. The van der Waals surface area contributed by atoms with E-state index in [1.165, 1.54) is 0 Å². The van der Waals surface area contributed by atoms with Crippen LogP contribution in [-0.4, -0.2) is 44.7 Å². The number of methoxy groups -OCH3 is 1. The highest BCUT2D eigenvalue weighted by atomic mass is 79.9. The van der Waals surface area contributed by atoms with Crippen LogP contribution in [0.3, 0.4) is 0 Å². The zero-order valence-corrected chi connectivity index (χ0v) is 13.6. The Kier molecular flexibility index (Phi) is 8.06. The fraction of sp³-hybridized carbons (Fsp3) is 0.500. The molecule has 0 aliphatic carbocycles. The van der Waals surface area contributed by atoms with Crippen LogP contribution < -0.4 is 5.32 Å². The Labute approximate surface area is 131 Å². The first kappa shape index (κ1) is 17.0. The minimum absolute atomic E-state index is 0.234. The van der Waals surface area contributed by atoms with E-state index < -0.39 is 6.10 Å². The number of hydrogen-bond donors (Lipinski definition) is 2. The van der Waals surface area contributed by atoms with Gasteiger partial charge in [-0.05, 0) is 28.1 Å². The lowest BCUT2D eigenvalue weighted by Gasteiger charge is -2.14.